The van der Waals surface area contributed by atoms with Gasteiger partial charge in [0, 0.05) is 12.5 Å². The van der Waals surface area contributed by atoms with Gasteiger partial charge in [-0.25, -0.2) is 0 Å². The van der Waals surface area contributed by atoms with Crippen molar-refractivity contribution in [1.29, 1.82) is 0 Å². The molecule has 110 valence electrons. The number of carbonyl (C=O) groups is 2. The summed E-state index contributed by atoms with van der Waals surface area (Å²) in [5, 5.41) is 2.77. The van der Waals surface area contributed by atoms with Gasteiger partial charge in [-0.3, -0.25) is 9.59 Å². The largest absolute Gasteiger partial charge is 0.469 e. The molecule has 1 saturated heterocycles. The van der Waals surface area contributed by atoms with Gasteiger partial charge in [0.15, 0.2) is 0 Å². The summed E-state index contributed by atoms with van der Waals surface area (Å²) in [5.74, 6) is 0.860. The van der Waals surface area contributed by atoms with Crippen molar-refractivity contribution in [2.24, 2.45) is 0 Å². The molecule has 3 atom stereocenters. The molecule has 1 aromatic rings. The molecular weight excluding hydrogens is 256 g/mol. The Labute approximate surface area is 119 Å². The summed E-state index contributed by atoms with van der Waals surface area (Å²) in [5.41, 5.74) is 0. The fourth-order valence-corrected chi connectivity index (χ4v) is 2.67. The number of aryl methyl sites for hydroxylation is 1. The molecule has 0 saturated carbocycles. The maximum absolute atomic E-state index is 12.4. The third kappa shape index (κ3) is 2.86. The zero-order valence-corrected chi connectivity index (χ0v) is 12.3. The van der Waals surface area contributed by atoms with Crippen molar-refractivity contribution in [2.45, 2.75) is 58.2 Å². The number of hydrogen-bond acceptors (Lipinski definition) is 3. The Bertz CT molecular complexity index is 469. The first-order valence-corrected chi connectivity index (χ1v) is 7.19. The molecule has 0 aliphatic carbocycles. The number of piperazine rings is 1. The Morgan fingerprint density at radius 3 is 2.80 bits per heavy atom. The lowest BCUT2D eigenvalue weighted by Crippen LogP contribution is -2.64. The Kier molecular flexibility index (Phi) is 4.47. The summed E-state index contributed by atoms with van der Waals surface area (Å²) >= 11 is 0. The van der Waals surface area contributed by atoms with Gasteiger partial charge < -0.3 is 14.6 Å². The summed E-state index contributed by atoms with van der Waals surface area (Å²) in [6.45, 7) is 5.68. The van der Waals surface area contributed by atoms with E-state index < -0.39 is 6.04 Å². The molecule has 0 aromatic carbocycles. The minimum atomic E-state index is -0.406. The van der Waals surface area contributed by atoms with E-state index in [9.17, 15) is 9.59 Å². The van der Waals surface area contributed by atoms with Crippen molar-refractivity contribution in [1.82, 2.24) is 10.2 Å². The number of rotatable bonds is 5. The maximum atomic E-state index is 12.4. The van der Waals surface area contributed by atoms with Gasteiger partial charge in [-0.2, -0.15) is 0 Å². The van der Waals surface area contributed by atoms with E-state index in [1.54, 1.807) is 18.1 Å². The topological polar surface area (TPSA) is 62.6 Å². The number of nitrogens with one attached hydrogen (secondary N) is 1. The lowest BCUT2D eigenvalue weighted by Gasteiger charge is -2.40. The van der Waals surface area contributed by atoms with E-state index in [-0.39, 0.29) is 23.9 Å². The number of amides is 2. The lowest BCUT2D eigenvalue weighted by atomic mass is 10.0. The standard InChI is InChI=1S/C15H22N2O3/c1-4-13-15(19)17(11(3)14(18)16-13)10(2)7-8-12-6-5-9-20-12/h5-6,9-11,13H,4,7-8H2,1-3H3,(H,16,18). The Morgan fingerprint density at radius 2 is 2.20 bits per heavy atom. The number of furan rings is 1. The Balaban J connectivity index is 2.03. The van der Waals surface area contributed by atoms with Crippen LogP contribution in [0.2, 0.25) is 0 Å². The SMILES string of the molecule is CCC1NC(=O)C(C)N(C(C)CCc2ccco2)C1=O. The zero-order chi connectivity index (χ0) is 14.7. The first kappa shape index (κ1) is 14.6. The molecule has 5 nitrogen and oxygen atoms in total. The number of carbonyl (C=O) groups excluding carboxylic acids is 2. The van der Waals surface area contributed by atoms with Crippen LogP contribution in [0.5, 0.6) is 0 Å². The second-order valence-corrected chi connectivity index (χ2v) is 5.36. The molecule has 2 rings (SSSR count). The summed E-state index contributed by atoms with van der Waals surface area (Å²) in [6, 6.07) is 3.01. The van der Waals surface area contributed by atoms with E-state index in [1.807, 2.05) is 26.0 Å². The Hall–Kier alpha value is -1.78. The van der Waals surface area contributed by atoms with Gasteiger partial charge in [0.05, 0.1) is 6.26 Å². The van der Waals surface area contributed by atoms with E-state index in [0.29, 0.717) is 6.42 Å². The molecule has 0 bridgehead atoms. The van der Waals surface area contributed by atoms with Crippen LogP contribution < -0.4 is 5.32 Å². The van der Waals surface area contributed by atoms with Crippen LogP contribution in [0.15, 0.2) is 22.8 Å². The summed E-state index contributed by atoms with van der Waals surface area (Å²) in [6.07, 6.45) is 3.82. The van der Waals surface area contributed by atoms with Gasteiger partial charge in [-0.15, -0.1) is 0 Å². The van der Waals surface area contributed by atoms with E-state index in [2.05, 4.69) is 5.32 Å². The van der Waals surface area contributed by atoms with Gasteiger partial charge in [0.1, 0.15) is 17.8 Å². The Morgan fingerprint density at radius 1 is 1.45 bits per heavy atom. The highest BCUT2D eigenvalue weighted by atomic mass is 16.3. The predicted molar refractivity (Wildman–Crippen MR) is 75.0 cm³/mol. The fourth-order valence-electron chi connectivity index (χ4n) is 2.67. The average Bonchev–Trinajstić information content (AvgIpc) is 2.94. The van der Waals surface area contributed by atoms with Gasteiger partial charge in [0.25, 0.3) is 0 Å². The number of hydrogen-bond donors (Lipinski definition) is 1. The second-order valence-electron chi connectivity index (χ2n) is 5.36. The van der Waals surface area contributed by atoms with E-state index >= 15 is 0 Å². The molecule has 3 unspecified atom stereocenters. The molecule has 1 N–H and O–H groups in total. The first-order chi connectivity index (χ1) is 9.54. The molecule has 1 aliphatic heterocycles. The first-order valence-electron chi connectivity index (χ1n) is 7.19. The van der Waals surface area contributed by atoms with Crippen molar-refractivity contribution in [3.05, 3.63) is 24.2 Å². The smallest absolute Gasteiger partial charge is 0.246 e. The molecule has 1 fully saturated rings. The zero-order valence-electron chi connectivity index (χ0n) is 12.3. The quantitative estimate of drug-likeness (QED) is 0.892. The van der Waals surface area contributed by atoms with Gasteiger partial charge in [-0.1, -0.05) is 6.92 Å². The van der Waals surface area contributed by atoms with Crippen molar-refractivity contribution >= 4 is 11.8 Å². The van der Waals surface area contributed by atoms with E-state index in [4.69, 9.17) is 4.42 Å². The van der Waals surface area contributed by atoms with Crippen LogP contribution in [0.1, 0.15) is 39.4 Å². The second kappa shape index (κ2) is 6.11. The summed E-state index contributed by atoms with van der Waals surface area (Å²) in [4.78, 5) is 26.1. The third-order valence-corrected chi connectivity index (χ3v) is 3.94. The molecular formula is C15H22N2O3. The number of nitrogens with zero attached hydrogens (tertiary/aromatic N) is 1. The normalized spacial score (nSPS) is 24.6. The molecule has 0 radical (unpaired) electrons. The molecule has 1 aromatic heterocycles. The van der Waals surface area contributed by atoms with Gasteiger partial charge in [0.2, 0.25) is 11.8 Å². The van der Waals surface area contributed by atoms with Crippen LogP contribution in [0.4, 0.5) is 0 Å². The van der Waals surface area contributed by atoms with E-state index in [0.717, 1.165) is 18.6 Å². The molecule has 2 heterocycles. The maximum Gasteiger partial charge on any atom is 0.246 e. The average molecular weight is 278 g/mol. The van der Waals surface area contributed by atoms with Crippen LogP contribution in [0, 0.1) is 0 Å². The van der Waals surface area contributed by atoms with Crippen molar-refractivity contribution in [3.8, 4) is 0 Å². The molecule has 5 heteroatoms. The van der Waals surface area contributed by atoms with Crippen LogP contribution in [-0.2, 0) is 16.0 Å². The van der Waals surface area contributed by atoms with Crippen molar-refractivity contribution in [2.75, 3.05) is 0 Å². The third-order valence-electron chi connectivity index (χ3n) is 3.94. The highest BCUT2D eigenvalue weighted by molar-refractivity contribution is 5.96. The van der Waals surface area contributed by atoms with Crippen LogP contribution in [0.25, 0.3) is 0 Å². The van der Waals surface area contributed by atoms with Crippen LogP contribution in [-0.4, -0.2) is 34.8 Å². The molecule has 1 aliphatic rings. The molecule has 0 spiro atoms. The van der Waals surface area contributed by atoms with Crippen LogP contribution >= 0.6 is 0 Å². The highest BCUT2D eigenvalue weighted by Crippen LogP contribution is 2.19. The fraction of sp³-hybridized carbons (Fsp3) is 0.600. The predicted octanol–water partition coefficient (Wildman–Crippen LogP) is 1.73. The lowest BCUT2D eigenvalue weighted by molar-refractivity contribution is -0.151. The highest BCUT2D eigenvalue weighted by Gasteiger charge is 2.39. The minimum Gasteiger partial charge on any atom is -0.469 e. The van der Waals surface area contributed by atoms with Crippen molar-refractivity contribution in [3.63, 3.8) is 0 Å². The van der Waals surface area contributed by atoms with Gasteiger partial charge in [-0.05, 0) is 38.8 Å². The van der Waals surface area contributed by atoms with Crippen LogP contribution in [0.3, 0.4) is 0 Å². The summed E-state index contributed by atoms with van der Waals surface area (Å²) in [7, 11) is 0. The monoisotopic (exact) mass is 278 g/mol. The van der Waals surface area contributed by atoms with Crippen molar-refractivity contribution < 1.29 is 14.0 Å². The summed E-state index contributed by atoms with van der Waals surface area (Å²) < 4.78 is 5.31. The van der Waals surface area contributed by atoms with Gasteiger partial charge >= 0.3 is 0 Å². The van der Waals surface area contributed by atoms with E-state index in [1.165, 1.54) is 0 Å². The molecule has 2 amide bonds. The molecule has 20 heavy (non-hydrogen) atoms. The minimum absolute atomic E-state index is 0.0164.